The van der Waals surface area contributed by atoms with Crippen LogP contribution in [0.2, 0.25) is 0 Å². The number of nitrogens with one attached hydrogen (secondary N) is 2. The second-order valence-electron chi connectivity index (χ2n) is 5.53. The Balaban J connectivity index is 2.35. The first-order valence-electron chi connectivity index (χ1n) is 8.15. The number of pyridine rings is 1. The molecule has 1 aromatic heterocycles. The van der Waals surface area contributed by atoms with Gasteiger partial charge in [-0.2, -0.15) is 0 Å². The van der Waals surface area contributed by atoms with Crippen molar-refractivity contribution in [2.75, 3.05) is 14.2 Å². The predicted octanol–water partition coefficient (Wildman–Crippen LogP) is 3.11. The number of unbranched alkanes of at least 4 members (excludes halogenated alkanes) is 3. The van der Waals surface area contributed by atoms with Crippen molar-refractivity contribution in [2.24, 2.45) is 4.99 Å². The first kappa shape index (κ1) is 18.3. The number of hydrogen-bond donors (Lipinski definition) is 2. The largest absolute Gasteiger partial charge is 0.481 e. The van der Waals surface area contributed by atoms with Gasteiger partial charge in [-0.05, 0) is 25.0 Å². The third-order valence-electron chi connectivity index (χ3n) is 3.57. The summed E-state index contributed by atoms with van der Waals surface area (Å²) in [6.45, 7) is 5.14. The van der Waals surface area contributed by atoms with Crippen molar-refractivity contribution in [3.63, 3.8) is 0 Å². The molecular weight excluding hydrogens is 276 g/mol. The van der Waals surface area contributed by atoms with E-state index in [0.717, 1.165) is 11.5 Å². The van der Waals surface area contributed by atoms with E-state index in [1.807, 2.05) is 12.1 Å². The van der Waals surface area contributed by atoms with Crippen LogP contribution in [-0.4, -0.2) is 31.1 Å². The molecule has 1 heterocycles. The molecule has 1 aromatic rings. The van der Waals surface area contributed by atoms with Crippen LogP contribution in [0, 0.1) is 0 Å². The van der Waals surface area contributed by atoms with E-state index in [-0.39, 0.29) is 0 Å². The molecule has 0 spiro atoms. The van der Waals surface area contributed by atoms with Crippen LogP contribution in [0.4, 0.5) is 0 Å². The zero-order valence-electron chi connectivity index (χ0n) is 14.4. The third-order valence-corrected chi connectivity index (χ3v) is 3.57. The Morgan fingerprint density at radius 2 is 2.18 bits per heavy atom. The van der Waals surface area contributed by atoms with E-state index in [4.69, 9.17) is 4.74 Å². The molecule has 0 saturated carbocycles. The maximum absolute atomic E-state index is 5.13. The summed E-state index contributed by atoms with van der Waals surface area (Å²) in [6.07, 6.45) is 8.10. The molecule has 0 aliphatic carbocycles. The first-order chi connectivity index (χ1) is 10.7. The highest BCUT2D eigenvalue weighted by Crippen LogP contribution is 2.08. The number of guanidine groups is 1. The highest BCUT2D eigenvalue weighted by molar-refractivity contribution is 5.79. The smallest absolute Gasteiger partial charge is 0.213 e. The molecule has 1 unspecified atom stereocenters. The minimum absolute atomic E-state index is 0.426. The molecule has 2 N–H and O–H groups in total. The number of methoxy groups -OCH3 is 1. The van der Waals surface area contributed by atoms with Crippen LogP contribution in [0.5, 0.6) is 5.88 Å². The van der Waals surface area contributed by atoms with Gasteiger partial charge in [0, 0.05) is 31.9 Å². The van der Waals surface area contributed by atoms with Crippen molar-refractivity contribution >= 4 is 5.96 Å². The average molecular weight is 306 g/mol. The van der Waals surface area contributed by atoms with E-state index in [9.17, 15) is 0 Å². The summed E-state index contributed by atoms with van der Waals surface area (Å²) in [5.74, 6) is 1.46. The summed E-state index contributed by atoms with van der Waals surface area (Å²) in [5.41, 5.74) is 1.12. The van der Waals surface area contributed by atoms with Crippen LogP contribution in [-0.2, 0) is 6.54 Å². The van der Waals surface area contributed by atoms with E-state index in [0.29, 0.717) is 18.5 Å². The van der Waals surface area contributed by atoms with Gasteiger partial charge in [-0.25, -0.2) is 4.98 Å². The lowest BCUT2D eigenvalue weighted by Crippen LogP contribution is -2.41. The van der Waals surface area contributed by atoms with Gasteiger partial charge in [-0.15, -0.1) is 0 Å². The SMILES string of the molecule is CCCCCCC(C)NC(=NC)NCc1ccnc(OC)c1. The monoisotopic (exact) mass is 306 g/mol. The zero-order valence-corrected chi connectivity index (χ0v) is 14.4. The molecule has 0 aromatic carbocycles. The lowest BCUT2D eigenvalue weighted by molar-refractivity contribution is 0.397. The summed E-state index contributed by atoms with van der Waals surface area (Å²) in [4.78, 5) is 8.38. The van der Waals surface area contributed by atoms with Crippen LogP contribution >= 0.6 is 0 Å². The number of rotatable bonds is 9. The molecule has 5 nitrogen and oxygen atoms in total. The molecule has 0 aliphatic heterocycles. The van der Waals surface area contributed by atoms with Crippen molar-refractivity contribution < 1.29 is 4.74 Å². The van der Waals surface area contributed by atoms with Gasteiger partial charge >= 0.3 is 0 Å². The molecule has 5 heteroatoms. The van der Waals surface area contributed by atoms with Gasteiger partial charge in [0.15, 0.2) is 5.96 Å². The Bertz CT molecular complexity index is 448. The van der Waals surface area contributed by atoms with Crippen LogP contribution in [0.15, 0.2) is 23.3 Å². The van der Waals surface area contributed by atoms with Gasteiger partial charge in [0.25, 0.3) is 0 Å². The second-order valence-corrected chi connectivity index (χ2v) is 5.53. The normalized spacial score (nSPS) is 12.8. The van der Waals surface area contributed by atoms with Gasteiger partial charge in [0.1, 0.15) is 0 Å². The third kappa shape index (κ3) is 7.29. The fourth-order valence-corrected chi connectivity index (χ4v) is 2.24. The Morgan fingerprint density at radius 3 is 2.86 bits per heavy atom. The van der Waals surface area contributed by atoms with E-state index < -0.39 is 0 Å². The lowest BCUT2D eigenvalue weighted by Gasteiger charge is -2.18. The highest BCUT2D eigenvalue weighted by atomic mass is 16.5. The Labute approximate surface area is 134 Å². The maximum atomic E-state index is 5.13. The highest BCUT2D eigenvalue weighted by Gasteiger charge is 2.05. The van der Waals surface area contributed by atoms with Crippen molar-refractivity contribution in [2.45, 2.75) is 58.5 Å². The Kier molecular flexibility index (Phi) is 9.03. The summed E-state index contributed by atoms with van der Waals surface area (Å²) in [5, 5.41) is 6.76. The molecule has 22 heavy (non-hydrogen) atoms. The number of aliphatic imine (C=N–C) groups is 1. The number of aromatic nitrogens is 1. The summed E-state index contributed by atoms with van der Waals surface area (Å²) < 4.78 is 5.13. The Hall–Kier alpha value is -1.78. The van der Waals surface area contributed by atoms with E-state index >= 15 is 0 Å². The molecule has 0 aliphatic rings. The molecule has 0 amide bonds. The second kappa shape index (κ2) is 10.9. The summed E-state index contributed by atoms with van der Waals surface area (Å²) in [7, 11) is 3.42. The lowest BCUT2D eigenvalue weighted by atomic mass is 10.1. The van der Waals surface area contributed by atoms with Gasteiger partial charge < -0.3 is 15.4 Å². The van der Waals surface area contributed by atoms with Gasteiger partial charge in [-0.3, -0.25) is 4.99 Å². The zero-order chi connectivity index (χ0) is 16.2. The van der Waals surface area contributed by atoms with Crippen molar-refractivity contribution in [1.29, 1.82) is 0 Å². The van der Waals surface area contributed by atoms with E-state index in [1.54, 1.807) is 20.4 Å². The number of ether oxygens (including phenoxy) is 1. The number of hydrogen-bond acceptors (Lipinski definition) is 3. The van der Waals surface area contributed by atoms with E-state index in [1.165, 1.54) is 32.1 Å². The van der Waals surface area contributed by atoms with Crippen LogP contribution in [0.3, 0.4) is 0 Å². The maximum Gasteiger partial charge on any atom is 0.213 e. The quantitative estimate of drug-likeness (QED) is 0.418. The number of nitrogens with zero attached hydrogens (tertiary/aromatic N) is 2. The first-order valence-corrected chi connectivity index (χ1v) is 8.15. The Morgan fingerprint density at radius 1 is 1.36 bits per heavy atom. The predicted molar refractivity (Wildman–Crippen MR) is 92.3 cm³/mol. The van der Waals surface area contributed by atoms with Gasteiger partial charge in [0.05, 0.1) is 7.11 Å². The van der Waals surface area contributed by atoms with Gasteiger partial charge in [0.2, 0.25) is 5.88 Å². The molecule has 0 radical (unpaired) electrons. The van der Waals surface area contributed by atoms with Crippen LogP contribution in [0.25, 0.3) is 0 Å². The molecule has 0 saturated heterocycles. The summed E-state index contributed by atoms with van der Waals surface area (Å²) >= 11 is 0. The van der Waals surface area contributed by atoms with Crippen molar-refractivity contribution in [3.05, 3.63) is 23.9 Å². The average Bonchev–Trinajstić information content (AvgIpc) is 2.55. The molecule has 124 valence electrons. The minimum Gasteiger partial charge on any atom is -0.481 e. The minimum atomic E-state index is 0.426. The van der Waals surface area contributed by atoms with E-state index in [2.05, 4.69) is 34.5 Å². The molecule has 0 fully saturated rings. The van der Waals surface area contributed by atoms with Crippen molar-refractivity contribution in [1.82, 2.24) is 15.6 Å². The molecular formula is C17H30N4O. The van der Waals surface area contributed by atoms with Crippen molar-refractivity contribution in [3.8, 4) is 5.88 Å². The fourth-order valence-electron chi connectivity index (χ4n) is 2.24. The molecule has 1 atom stereocenters. The molecule has 1 rings (SSSR count). The fraction of sp³-hybridized carbons (Fsp3) is 0.647. The summed E-state index contributed by atoms with van der Waals surface area (Å²) in [6, 6.07) is 4.32. The molecule has 0 bridgehead atoms. The van der Waals surface area contributed by atoms with Gasteiger partial charge in [-0.1, -0.05) is 32.6 Å². The van der Waals surface area contributed by atoms with Crippen LogP contribution in [0.1, 0.15) is 51.5 Å². The standard InChI is InChI=1S/C17H30N4O/c1-5-6-7-8-9-14(2)21-17(18-3)20-13-15-10-11-19-16(12-15)22-4/h10-12,14H,5-9,13H2,1-4H3,(H2,18,20,21). The topological polar surface area (TPSA) is 58.5 Å². The van der Waals surface area contributed by atoms with Crippen LogP contribution < -0.4 is 15.4 Å².